The Labute approximate surface area is 197 Å². The van der Waals surface area contributed by atoms with Crippen LogP contribution in [0.25, 0.3) is 0 Å². The number of carbonyl (C=O) groups is 2. The lowest BCUT2D eigenvalue weighted by Gasteiger charge is -2.38. The van der Waals surface area contributed by atoms with E-state index in [0.717, 1.165) is 44.0 Å². The van der Waals surface area contributed by atoms with Crippen LogP contribution in [0.1, 0.15) is 24.1 Å². The lowest BCUT2D eigenvalue weighted by molar-refractivity contribution is -0.139. The first-order valence-electron chi connectivity index (χ1n) is 11.3. The van der Waals surface area contributed by atoms with Crippen LogP contribution in [0.3, 0.4) is 0 Å². The minimum atomic E-state index is -1.05. The molecule has 1 atom stereocenters. The number of rotatable bonds is 6. The minimum Gasteiger partial charge on any atom is -0.463 e. The number of benzene rings is 2. The third-order valence-corrected chi connectivity index (χ3v) is 6.08. The highest BCUT2D eigenvalue weighted by molar-refractivity contribution is 5.95. The summed E-state index contributed by atoms with van der Waals surface area (Å²) in [5.74, 6) is -2.67. The number of hydrogen-bond acceptors (Lipinski definition) is 5. The largest absolute Gasteiger partial charge is 0.463 e. The normalized spacial score (nSPS) is 19.0. The zero-order valence-corrected chi connectivity index (χ0v) is 19.2. The summed E-state index contributed by atoms with van der Waals surface area (Å²) >= 11 is 0. The molecule has 7 nitrogen and oxygen atoms in total. The highest BCUT2D eigenvalue weighted by Gasteiger charge is 2.35. The van der Waals surface area contributed by atoms with Crippen molar-refractivity contribution in [1.29, 1.82) is 0 Å². The molecule has 2 aromatic rings. The second-order valence-electron chi connectivity index (χ2n) is 8.42. The summed E-state index contributed by atoms with van der Waals surface area (Å²) < 4.78 is 32.7. The average molecular weight is 471 g/mol. The average Bonchev–Trinajstić information content (AvgIpc) is 2.81. The molecule has 1 saturated heterocycles. The molecule has 2 aromatic carbocycles. The van der Waals surface area contributed by atoms with Crippen LogP contribution in [0, 0.1) is 18.6 Å². The summed E-state index contributed by atoms with van der Waals surface area (Å²) in [7, 11) is 0. The molecule has 0 bridgehead atoms. The third-order valence-electron chi connectivity index (χ3n) is 6.08. The van der Waals surface area contributed by atoms with Gasteiger partial charge in [-0.2, -0.15) is 0 Å². The van der Waals surface area contributed by atoms with Crippen molar-refractivity contribution in [2.75, 3.05) is 44.2 Å². The Kier molecular flexibility index (Phi) is 7.12. The van der Waals surface area contributed by atoms with Gasteiger partial charge in [0.2, 0.25) is 0 Å². The molecule has 180 valence electrons. The Balaban J connectivity index is 1.56. The third kappa shape index (κ3) is 5.20. The number of hydrogen-bond donors (Lipinski definition) is 2. The maximum Gasteiger partial charge on any atom is 0.338 e. The van der Waals surface area contributed by atoms with E-state index in [1.54, 1.807) is 6.92 Å². The van der Waals surface area contributed by atoms with Gasteiger partial charge < -0.3 is 20.3 Å². The van der Waals surface area contributed by atoms with E-state index >= 15 is 0 Å². The quantitative estimate of drug-likeness (QED) is 0.634. The van der Waals surface area contributed by atoms with E-state index in [9.17, 15) is 18.4 Å². The zero-order chi connectivity index (χ0) is 24.2. The predicted octanol–water partition coefficient (Wildman–Crippen LogP) is 3.27. The summed E-state index contributed by atoms with van der Waals surface area (Å²) in [4.78, 5) is 29.8. The fourth-order valence-electron chi connectivity index (χ4n) is 4.28. The molecule has 0 saturated carbocycles. The summed E-state index contributed by atoms with van der Waals surface area (Å²) in [6, 6.07) is 10.2. The summed E-state index contributed by atoms with van der Waals surface area (Å²) in [5, 5.41) is 5.38. The van der Waals surface area contributed by atoms with Crippen molar-refractivity contribution >= 4 is 17.7 Å². The highest BCUT2D eigenvalue weighted by Crippen LogP contribution is 2.29. The van der Waals surface area contributed by atoms with Crippen LogP contribution in [0.5, 0.6) is 0 Å². The van der Waals surface area contributed by atoms with Crippen molar-refractivity contribution < 1.29 is 23.1 Å². The van der Waals surface area contributed by atoms with Crippen LogP contribution >= 0.6 is 0 Å². The molecule has 2 heterocycles. The van der Waals surface area contributed by atoms with E-state index in [2.05, 4.69) is 51.6 Å². The molecule has 2 aliphatic heterocycles. The molecule has 2 aliphatic rings. The van der Waals surface area contributed by atoms with Crippen molar-refractivity contribution in [2.24, 2.45) is 0 Å². The maximum atomic E-state index is 13.9. The zero-order valence-electron chi connectivity index (χ0n) is 19.2. The van der Waals surface area contributed by atoms with Crippen LogP contribution in [-0.2, 0) is 9.53 Å². The number of esters is 1. The topological polar surface area (TPSA) is 73.9 Å². The standard InChI is InChI=1S/C25H28F2N4O3/c1-3-34-24(32)22-21(28-25(33)29-23(22)17-6-9-19(26)20(27)14-17)15-30-10-12-31(13-11-30)18-7-4-16(2)5-8-18/h4-9,14,23H,3,10-13,15H2,1-2H3,(H2,28,29,33). The van der Waals surface area contributed by atoms with E-state index in [1.807, 2.05) is 0 Å². The fourth-order valence-corrected chi connectivity index (χ4v) is 4.28. The number of nitrogens with zero attached hydrogens (tertiary/aromatic N) is 2. The molecular weight excluding hydrogens is 442 g/mol. The van der Waals surface area contributed by atoms with Crippen LogP contribution in [-0.4, -0.2) is 56.2 Å². The van der Waals surface area contributed by atoms with Gasteiger partial charge in [0.15, 0.2) is 11.6 Å². The molecule has 0 spiro atoms. The van der Waals surface area contributed by atoms with E-state index in [0.29, 0.717) is 12.2 Å². The molecule has 0 aromatic heterocycles. The first-order valence-corrected chi connectivity index (χ1v) is 11.3. The number of halogens is 2. The number of amides is 2. The van der Waals surface area contributed by atoms with Crippen LogP contribution in [0.4, 0.5) is 19.3 Å². The van der Waals surface area contributed by atoms with Crippen molar-refractivity contribution in [3.05, 3.63) is 76.5 Å². The fraction of sp³-hybridized carbons (Fsp3) is 0.360. The van der Waals surface area contributed by atoms with Gasteiger partial charge in [-0.1, -0.05) is 23.8 Å². The van der Waals surface area contributed by atoms with Gasteiger partial charge in [0.05, 0.1) is 18.2 Å². The van der Waals surface area contributed by atoms with E-state index < -0.39 is 29.7 Å². The Hall–Kier alpha value is -3.46. The first-order chi connectivity index (χ1) is 16.4. The lowest BCUT2D eigenvalue weighted by atomic mass is 9.94. The first kappa shape index (κ1) is 23.7. The number of ether oxygens (including phenoxy) is 1. The number of nitrogens with one attached hydrogen (secondary N) is 2. The van der Waals surface area contributed by atoms with Gasteiger partial charge in [-0.3, -0.25) is 4.90 Å². The van der Waals surface area contributed by atoms with Crippen molar-refractivity contribution in [3.63, 3.8) is 0 Å². The molecule has 4 rings (SSSR count). The van der Waals surface area contributed by atoms with Crippen LogP contribution in [0.15, 0.2) is 53.7 Å². The van der Waals surface area contributed by atoms with Crippen LogP contribution < -0.4 is 15.5 Å². The van der Waals surface area contributed by atoms with E-state index in [4.69, 9.17) is 4.74 Å². The SMILES string of the molecule is CCOC(=O)C1=C(CN2CCN(c3ccc(C)cc3)CC2)NC(=O)NC1c1ccc(F)c(F)c1. The summed E-state index contributed by atoms with van der Waals surface area (Å²) in [5.41, 5.74) is 3.22. The summed E-state index contributed by atoms with van der Waals surface area (Å²) in [6.45, 7) is 7.25. The van der Waals surface area contributed by atoms with Gasteiger partial charge in [-0.25, -0.2) is 18.4 Å². The van der Waals surface area contributed by atoms with Crippen molar-refractivity contribution in [1.82, 2.24) is 15.5 Å². The molecular formula is C25H28F2N4O3. The Morgan fingerprint density at radius 3 is 2.41 bits per heavy atom. The van der Waals surface area contributed by atoms with Gasteiger partial charge in [-0.05, 0) is 43.7 Å². The Bertz CT molecular complexity index is 1100. The summed E-state index contributed by atoms with van der Waals surface area (Å²) in [6.07, 6.45) is 0. The Morgan fingerprint density at radius 2 is 1.76 bits per heavy atom. The second-order valence-corrected chi connectivity index (χ2v) is 8.42. The van der Waals surface area contributed by atoms with Crippen LogP contribution in [0.2, 0.25) is 0 Å². The number of carbonyl (C=O) groups excluding carboxylic acids is 2. The monoisotopic (exact) mass is 470 g/mol. The number of piperazine rings is 1. The van der Waals surface area contributed by atoms with Gasteiger partial charge >= 0.3 is 12.0 Å². The number of aryl methyl sites for hydroxylation is 1. The van der Waals surface area contributed by atoms with Gasteiger partial charge in [-0.15, -0.1) is 0 Å². The molecule has 1 fully saturated rings. The minimum absolute atomic E-state index is 0.142. The highest BCUT2D eigenvalue weighted by atomic mass is 19.2. The van der Waals surface area contributed by atoms with E-state index in [-0.39, 0.29) is 17.7 Å². The van der Waals surface area contributed by atoms with Crippen molar-refractivity contribution in [3.8, 4) is 0 Å². The molecule has 0 aliphatic carbocycles. The van der Waals surface area contributed by atoms with Crippen molar-refractivity contribution in [2.45, 2.75) is 19.9 Å². The smallest absolute Gasteiger partial charge is 0.338 e. The van der Waals surface area contributed by atoms with E-state index in [1.165, 1.54) is 11.6 Å². The Morgan fingerprint density at radius 1 is 1.06 bits per heavy atom. The second kappa shape index (κ2) is 10.2. The van der Waals surface area contributed by atoms with Gasteiger partial charge in [0, 0.05) is 44.1 Å². The molecule has 0 radical (unpaired) electrons. The number of urea groups is 1. The lowest BCUT2D eigenvalue weighted by Crippen LogP contribution is -2.51. The molecule has 9 heteroatoms. The molecule has 1 unspecified atom stereocenters. The molecule has 34 heavy (non-hydrogen) atoms. The van der Waals surface area contributed by atoms with Gasteiger partial charge in [0.1, 0.15) is 0 Å². The van der Waals surface area contributed by atoms with Gasteiger partial charge in [0.25, 0.3) is 0 Å². The number of anilines is 1. The maximum absolute atomic E-state index is 13.9. The molecule has 2 amide bonds. The molecule has 2 N–H and O–H groups in total. The predicted molar refractivity (Wildman–Crippen MR) is 124 cm³/mol.